The van der Waals surface area contributed by atoms with Crippen molar-refractivity contribution in [2.45, 2.75) is 26.8 Å². The van der Waals surface area contributed by atoms with E-state index in [9.17, 15) is 0 Å². The Bertz CT molecular complexity index is 791. The molecule has 6 heteroatoms. The van der Waals surface area contributed by atoms with Crippen LogP contribution in [-0.4, -0.2) is 27.0 Å². The Morgan fingerprint density at radius 2 is 2.00 bits per heavy atom. The number of aromatic nitrogens is 4. The van der Waals surface area contributed by atoms with Gasteiger partial charge in [-0.15, -0.1) is 0 Å². The summed E-state index contributed by atoms with van der Waals surface area (Å²) in [6.45, 7) is 5.96. The molecule has 0 amide bonds. The third-order valence-corrected chi connectivity index (χ3v) is 3.56. The van der Waals surface area contributed by atoms with Gasteiger partial charge in [0.15, 0.2) is 0 Å². The maximum Gasteiger partial charge on any atom is 0.251 e. The zero-order chi connectivity index (χ0) is 15.7. The molecule has 1 atom stereocenters. The topological polar surface area (TPSA) is 66.0 Å². The molecule has 0 aliphatic rings. The van der Waals surface area contributed by atoms with Crippen LogP contribution in [0.3, 0.4) is 0 Å². The molecule has 0 aliphatic carbocycles. The monoisotopic (exact) mass is 298 g/mol. The van der Waals surface area contributed by atoms with Crippen molar-refractivity contribution >= 4 is 0 Å². The summed E-state index contributed by atoms with van der Waals surface area (Å²) in [7, 11) is 1.62. The molecule has 22 heavy (non-hydrogen) atoms. The van der Waals surface area contributed by atoms with Crippen LogP contribution in [0.2, 0.25) is 0 Å². The van der Waals surface area contributed by atoms with Crippen LogP contribution in [0, 0.1) is 13.8 Å². The molecule has 0 bridgehead atoms. The fourth-order valence-corrected chi connectivity index (χ4v) is 2.49. The lowest BCUT2D eigenvalue weighted by Gasteiger charge is -2.09. The van der Waals surface area contributed by atoms with Gasteiger partial charge in [-0.2, -0.15) is 10.1 Å². The summed E-state index contributed by atoms with van der Waals surface area (Å²) < 4.78 is 12.6. The molecule has 114 valence electrons. The molecule has 6 nitrogen and oxygen atoms in total. The SMILES string of the molecule is COc1ccccc1-c1noc([C@@H](C)n2nc(C)cc2C)n1. The molecule has 3 aromatic rings. The molecule has 0 saturated heterocycles. The van der Waals surface area contributed by atoms with Crippen LogP contribution in [-0.2, 0) is 0 Å². The molecule has 0 fully saturated rings. The maximum absolute atomic E-state index is 5.42. The predicted molar refractivity (Wildman–Crippen MR) is 81.8 cm³/mol. The first-order chi connectivity index (χ1) is 10.6. The highest BCUT2D eigenvalue weighted by atomic mass is 16.5. The van der Waals surface area contributed by atoms with Crippen molar-refractivity contribution in [2.75, 3.05) is 7.11 Å². The summed E-state index contributed by atoms with van der Waals surface area (Å²) in [6.07, 6.45) is 0. The van der Waals surface area contributed by atoms with Gasteiger partial charge in [0.2, 0.25) is 5.82 Å². The number of ether oxygens (including phenoxy) is 1. The largest absolute Gasteiger partial charge is 0.496 e. The van der Waals surface area contributed by atoms with Crippen LogP contribution < -0.4 is 4.74 Å². The van der Waals surface area contributed by atoms with Crippen molar-refractivity contribution in [3.8, 4) is 17.1 Å². The highest BCUT2D eigenvalue weighted by Gasteiger charge is 2.20. The van der Waals surface area contributed by atoms with E-state index in [-0.39, 0.29) is 6.04 Å². The number of nitrogens with zero attached hydrogens (tertiary/aromatic N) is 4. The summed E-state index contributed by atoms with van der Waals surface area (Å²) in [5, 5.41) is 8.54. The number of hydrogen-bond donors (Lipinski definition) is 0. The third-order valence-electron chi connectivity index (χ3n) is 3.56. The van der Waals surface area contributed by atoms with E-state index in [0.717, 1.165) is 17.0 Å². The number of methoxy groups -OCH3 is 1. The highest BCUT2D eigenvalue weighted by Crippen LogP contribution is 2.28. The lowest BCUT2D eigenvalue weighted by Crippen LogP contribution is -2.10. The number of para-hydroxylation sites is 1. The van der Waals surface area contributed by atoms with E-state index in [1.807, 2.05) is 55.8 Å². The minimum Gasteiger partial charge on any atom is -0.496 e. The Kier molecular flexibility index (Phi) is 3.66. The summed E-state index contributed by atoms with van der Waals surface area (Å²) in [5.74, 6) is 1.75. The molecule has 0 aliphatic heterocycles. The Morgan fingerprint density at radius 1 is 1.23 bits per heavy atom. The van der Waals surface area contributed by atoms with Crippen LogP contribution in [0.5, 0.6) is 5.75 Å². The Morgan fingerprint density at radius 3 is 2.68 bits per heavy atom. The van der Waals surface area contributed by atoms with E-state index in [0.29, 0.717) is 17.5 Å². The summed E-state index contributed by atoms with van der Waals surface area (Å²) in [4.78, 5) is 4.50. The third kappa shape index (κ3) is 2.47. The number of rotatable bonds is 4. The first-order valence-electron chi connectivity index (χ1n) is 7.10. The van der Waals surface area contributed by atoms with Gasteiger partial charge in [0.25, 0.3) is 5.89 Å². The van der Waals surface area contributed by atoms with E-state index in [1.165, 1.54) is 0 Å². The van der Waals surface area contributed by atoms with E-state index in [4.69, 9.17) is 9.26 Å². The van der Waals surface area contributed by atoms with Crippen LogP contribution >= 0.6 is 0 Å². The van der Waals surface area contributed by atoms with Gasteiger partial charge in [0, 0.05) is 5.69 Å². The van der Waals surface area contributed by atoms with Gasteiger partial charge in [-0.1, -0.05) is 17.3 Å². The number of aryl methyl sites for hydroxylation is 2. The Labute approximate surface area is 128 Å². The quantitative estimate of drug-likeness (QED) is 0.740. The first kappa shape index (κ1) is 14.3. The van der Waals surface area contributed by atoms with Crippen molar-refractivity contribution in [3.63, 3.8) is 0 Å². The van der Waals surface area contributed by atoms with Crippen LogP contribution in [0.1, 0.15) is 30.2 Å². The summed E-state index contributed by atoms with van der Waals surface area (Å²) in [5.41, 5.74) is 2.83. The van der Waals surface area contributed by atoms with E-state index in [2.05, 4.69) is 15.2 Å². The second-order valence-electron chi connectivity index (χ2n) is 5.20. The molecule has 0 N–H and O–H groups in total. The molecule has 0 saturated carbocycles. The molecular formula is C16H18N4O2. The first-order valence-corrected chi connectivity index (χ1v) is 7.10. The molecule has 0 radical (unpaired) electrons. The Balaban J connectivity index is 1.95. The molecule has 2 heterocycles. The standard InChI is InChI=1S/C16H18N4O2/c1-10-9-11(2)20(18-10)12(3)16-17-15(19-22-16)13-7-5-6-8-14(13)21-4/h5-9,12H,1-4H3/t12-/m1/s1. The zero-order valence-electron chi connectivity index (χ0n) is 13.1. The zero-order valence-corrected chi connectivity index (χ0v) is 13.1. The molecule has 2 aromatic heterocycles. The fourth-order valence-electron chi connectivity index (χ4n) is 2.49. The van der Waals surface area contributed by atoms with Gasteiger partial charge in [-0.05, 0) is 39.0 Å². The lowest BCUT2D eigenvalue weighted by atomic mass is 10.2. The lowest BCUT2D eigenvalue weighted by molar-refractivity contribution is 0.334. The van der Waals surface area contributed by atoms with Gasteiger partial charge >= 0.3 is 0 Å². The predicted octanol–water partition coefficient (Wildman–Crippen LogP) is 3.17. The second kappa shape index (κ2) is 5.63. The van der Waals surface area contributed by atoms with E-state index in [1.54, 1.807) is 7.11 Å². The van der Waals surface area contributed by atoms with Gasteiger partial charge in [-0.25, -0.2) is 0 Å². The Hall–Kier alpha value is -2.63. The van der Waals surface area contributed by atoms with Gasteiger partial charge in [0.05, 0.1) is 18.4 Å². The van der Waals surface area contributed by atoms with Crippen molar-refractivity contribution in [1.82, 2.24) is 19.9 Å². The maximum atomic E-state index is 5.42. The molecule has 0 spiro atoms. The van der Waals surface area contributed by atoms with Crippen molar-refractivity contribution < 1.29 is 9.26 Å². The fraction of sp³-hybridized carbons (Fsp3) is 0.312. The average molecular weight is 298 g/mol. The smallest absolute Gasteiger partial charge is 0.251 e. The highest BCUT2D eigenvalue weighted by molar-refractivity contribution is 5.63. The number of benzene rings is 1. The van der Waals surface area contributed by atoms with E-state index >= 15 is 0 Å². The van der Waals surface area contributed by atoms with Crippen LogP contribution in [0.15, 0.2) is 34.9 Å². The van der Waals surface area contributed by atoms with Crippen molar-refractivity contribution in [1.29, 1.82) is 0 Å². The summed E-state index contributed by atoms with van der Waals surface area (Å²) in [6, 6.07) is 9.50. The molecule has 3 rings (SSSR count). The molecule has 0 unspecified atom stereocenters. The molecule has 1 aromatic carbocycles. The average Bonchev–Trinajstić information content (AvgIpc) is 3.13. The second-order valence-corrected chi connectivity index (χ2v) is 5.20. The van der Waals surface area contributed by atoms with Crippen LogP contribution in [0.25, 0.3) is 11.4 Å². The summed E-state index contributed by atoms with van der Waals surface area (Å²) >= 11 is 0. The van der Waals surface area contributed by atoms with Crippen molar-refractivity contribution in [3.05, 3.63) is 47.6 Å². The van der Waals surface area contributed by atoms with Gasteiger partial charge in [0.1, 0.15) is 11.8 Å². The number of hydrogen-bond acceptors (Lipinski definition) is 5. The van der Waals surface area contributed by atoms with Crippen LogP contribution in [0.4, 0.5) is 0 Å². The van der Waals surface area contributed by atoms with Gasteiger partial charge in [-0.3, -0.25) is 4.68 Å². The normalized spacial score (nSPS) is 12.4. The van der Waals surface area contributed by atoms with Crippen molar-refractivity contribution in [2.24, 2.45) is 0 Å². The minimum absolute atomic E-state index is 0.121. The van der Waals surface area contributed by atoms with Gasteiger partial charge < -0.3 is 9.26 Å². The minimum atomic E-state index is -0.121. The van der Waals surface area contributed by atoms with E-state index < -0.39 is 0 Å². The molecular weight excluding hydrogens is 280 g/mol.